The van der Waals surface area contributed by atoms with Crippen LogP contribution in [0.15, 0.2) is 73.3 Å². The van der Waals surface area contributed by atoms with Crippen LogP contribution in [0.25, 0.3) is 0 Å². The van der Waals surface area contributed by atoms with Crippen LogP contribution in [0.5, 0.6) is 0 Å². The van der Waals surface area contributed by atoms with Crippen molar-refractivity contribution in [1.29, 1.82) is 0 Å². The van der Waals surface area contributed by atoms with E-state index in [2.05, 4.69) is 47.0 Å². The molecule has 0 aliphatic heterocycles. The summed E-state index contributed by atoms with van der Waals surface area (Å²) in [5.74, 6) is 0. The Labute approximate surface area is 219 Å². The van der Waals surface area contributed by atoms with Crippen LogP contribution in [-0.2, 0) is 34.3 Å². The molecule has 0 spiro atoms. The number of rotatable bonds is 4. The minimum Gasteiger partial charge on any atom is -0.741 e. The van der Waals surface area contributed by atoms with E-state index in [0.717, 1.165) is 22.7 Å². The van der Waals surface area contributed by atoms with E-state index in [-0.39, 0.29) is 5.48 Å². The lowest BCUT2D eigenvalue weighted by molar-refractivity contribution is -0.671. The molecule has 0 amide bonds. The summed E-state index contributed by atoms with van der Waals surface area (Å²) in [7, 11) is -8.16. The van der Waals surface area contributed by atoms with Crippen LogP contribution in [0.3, 0.4) is 0 Å². The van der Waals surface area contributed by atoms with Gasteiger partial charge in [0, 0.05) is 24.3 Å². The van der Waals surface area contributed by atoms with Gasteiger partial charge in [-0.2, -0.15) is 26.3 Å². The third-order valence-corrected chi connectivity index (χ3v) is 5.14. The molecule has 4 N–H and O–H groups in total. The Bertz CT molecular complexity index is 1290. The molecular formula is C20H22F6N4O7S2. The fraction of sp³-hybridized carbons (Fsp3) is 0.200. The van der Waals surface area contributed by atoms with Crippen molar-refractivity contribution >= 4 is 43.0 Å². The minimum atomic E-state index is -6.09. The normalized spacial score (nSPS) is 11.5. The molecule has 0 saturated heterocycles. The van der Waals surface area contributed by atoms with Gasteiger partial charge in [0.25, 0.3) is 0 Å². The van der Waals surface area contributed by atoms with Crippen LogP contribution in [0.1, 0.15) is 0 Å². The zero-order valence-corrected chi connectivity index (χ0v) is 21.5. The summed E-state index contributed by atoms with van der Waals surface area (Å²) in [5, 5.41) is 6.90. The molecule has 0 saturated carbocycles. The topological polar surface area (TPSA) is 178 Å². The maximum absolute atomic E-state index is 10.7. The molecule has 0 atom stereocenters. The van der Waals surface area contributed by atoms with Gasteiger partial charge < -0.3 is 25.2 Å². The molecule has 3 aromatic rings. The van der Waals surface area contributed by atoms with Crippen molar-refractivity contribution in [2.24, 2.45) is 14.1 Å². The van der Waals surface area contributed by atoms with Crippen molar-refractivity contribution in [1.82, 2.24) is 0 Å². The second-order valence-corrected chi connectivity index (χ2v) is 9.84. The average Bonchev–Trinajstić information content (AvgIpc) is 2.76. The number of anilines is 4. The van der Waals surface area contributed by atoms with E-state index < -0.39 is 31.3 Å². The molecular weight excluding hydrogens is 586 g/mol. The first-order chi connectivity index (χ1) is 17.2. The van der Waals surface area contributed by atoms with E-state index in [1.807, 2.05) is 60.1 Å². The maximum atomic E-state index is 10.7. The average molecular weight is 609 g/mol. The molecule has 0 fully saturated rings. The van der Waals surface area contributed by atoms with E-state index in [0.29, 0.717) is 0 Å². The maximum Gasteiger partial charge on any atom is 0.485 e. The number of halogens is 6. The first-order valence-electron chi connectivity index (χ1n) is 9.78. The number of benzene rings is 1. The quantitative estimate of drug-likeness (QED) is 0.196. The first kappa shape index (κ1) is 35.5. The number of nitrogens with zero attached hydrogens (tertiary/aromatic N) is 2. The number of nitrogens with one attached hydrogen (secondary N) is 2. The van der Waals surface area contributed by atoms with Crippen LogP contribution < -0.4 is 19.8 Å². The fourth-order valence-electron chi connectivity index (χ4n) is 2.18. The molecule has 0 aliphatic carbocycles. The Balaban J connectivity index is 0.000000708. The van der Waals surface area contributed by atoms with E-state index in [1.54, 1.807) is 0 Å². The largest absolute Gasteiger partial charge is 0.741 e. The molecule has 39 heavy (non-hydrogen) atoms. The highest BCUT2D eigenvalue weighted by Gasteiger charge is 2.37. The van der Waals surface area contributed by atoms with Gasteiger partial charge in [-0.15, -0.1) is 0 Å². The van der Waals surface area contributed by atoms with Gasteiger partial charge in [-0.3, -0.25) is 0 Å². The van der Waals surface area contributed by atoms with Gasteiger partial charge in [-0.1, -0.05) is 12.1 Å². The number of hydrogen-bond donors (Lipinski definition) is 2. The van der Waals surface area contributed by atoms with Gasteiger partial charge in [0.05, 0.1) is 22.7 Å². The number of pyridine rings is 2. The SMILES string of the molecule is C[n+]1ccc(Nc2ccccc2Nc2cc[n+](C)cc2)cc1.O.O=S(=O)([O-])C(F)(F)F.O=S(=O)([O-])C(F)(F)F. The fourth-order valence-corrected chi connectivity index (χ4v) is 2.18. The van der Waals surface area contributed by atoms with Crippen molar-refractivity contribution in [2.75, 3.05) is 10.6 Å². The van der Waals surface area contributed by atoms with Crippen molar-refractivity contribution < 1.29 is 66.9 Å². The zero-order chi connectivity index (χ0) is 29.4. The van der Waals surface area contributed by atoms with Gasteiger partial charge in [-0.05, 0) is 12.1 Å². The van der Waals surface area contributed by atoms with Gasteiger partial charge in [0.2, 0.25) is 0 Å². The predicted octanol–water partition coefficient (Wildman–Crippen LogP) is 2.10. The summed E-state index contributed by atoms with van der Waals surface area (Å²) >= 11 is 0. The molecule has 3 rings (SSSR count). The summed E-state index contributed by atoms with van der Waals surface area (Å²) in [6.45, 7) is 0. The van der Waals surface area contributed by atoms with Crippen LogP contribution >= 0.6 is 0 Å². The smallest absolute Gasteiger partial charge is 0.485 e. The highest BCUT2D eigenvalue weighted by Crippen LogP contribution is 2.27. The van der Waals surface area contributed by atoms with Crippen molar-refractivity contribution in [3.05, 3.63) is 73.3 Å². The lowest BCUT2D eigenvalue weighted by atomic mass is 10.2. The number of aryl methyl sites for hydroxylation is 2. The molecule has 0 aliphatic rings. The molecule has 11 nitrogen and oxygen atoms in total. The summed E-state index contributed by atoms with van der Waals surface area (Å²) in [4.78, 5) is 0. The second kappa shape index (κ2) is 14.0. The van der Waals surface area contributed by atoms with Gasteiger partial charge in [0.1, 0.15) is 14.1 Å². The van der Waals surface area contributed by atoms with E-state index in [4.69, 9.17) is 25.9 Å². The summed E-state index contributed by atoms with van der Waals surface area (Å²) in [6.07, 6.45) is 8.09. The molecule has 0 unspecified atom stereocenters. The number of alkyl halides is 6. The molecule has 0 bridgehead atoms. The van der Waals surface area contributed by atoms with E-state index in [1.165, 1.54) is 0 Å². The Morgan fingerprint density at radius 2 is 0.846 bits per heavy atom. The highest BCUT2D eigenvalue weighted by atomic mass is 32.2. The van der Waals surface area contributed by atoms with Gasteiger partial charge in [-0.25, -0.2) is 26.0 Å². The van der Waals surface area contributed by atoms with Crippen LogP contribution in [0.2, 0.25) is 0 Å². The first-order valence-corrected chi connectivity index (χ1v) is 12.6. The Morgan fingerprint density at radius 1 is 0.615 bits per heavy atom. The monoisotopic (exact) mass is 608 g/mol. The molecule has 19 heteroatoms. The van der Waals surface area contributed by atoms with E-state index >= 15 is 0 Å². The van der Waals surface area contributed by atoms with Crippen molar-refractivity contribution in [3.8, 4) is 0 Å². The Kier molecular flexibility index (Phi) is 12.8. The third kappa shape index (κ3) is 12.7. The van der Waals surface area contributed by atoms with Crippen LogP contribution in [0, 0.1) is 0 Å². The Morgan fingerprint density at radius 3 is 1.05 bits per heavy atom. The second-order valence-electron chi connectivity index (χ2n) is 7.10. The molecule has 1 aromatic carbocycles. The molecule has 0 radical (unpaired) electrons. The molecule has 2 aromatic heterocycles. The summed E-state index contributed by atoms with van der Waals surface area (Å²) in [6, 6.07) is 16.4. The van der Waals surface area contributed by atoms with Crippen molar-refractivity contribution in [3.63, 3.8) is 0 Å². The van der Waals surface area contributed by atoms with E-state index in [9.17, 15) is 26.3 Å². The lowest BCUT2D eigenvalue weighted by Crippen LogP contribution is -2.25. The summed E-state index contributed by atoms with van der Waals surface area (Å²) in [5.41, 5.74) is -7.08. The number of aromatic nitrogens is 2. The van der Waals surface area contributed by atoms with Crippen LogP contribution in [-0.4, -0.2) is 42.4 Å². The summed E-state index contributed by atoms with van der Waals surface area (Å²) < 4.78 is 122. The lowest BCUT2D eigenvalue weighted by Gasteiger charge is -2.13. The zero-order valence-electron chi connectivity index (χ0n) is 19.9. The number of hydrogen-bond acceptors (Lipinski definition) is 8. The molecule has 218 valence electrons. The van der Waals surface area contributed by atoms with Gasteiger partial charge in [0.15, 0.2) is 45.0 Å². The Hall–Kier alpha value is -3.52. The molecule has 2 heterocycles. The minimum absolute atomic E-state index is 0. The predicted molar refractivity (Wildman–Crippen MR) is 123 cm³/mol. The highest BCUT2D eigenvalue weighted by molar-refractivity contribution is 7.86. The van der Waals surface area contributed by atoms with Gasteiger partial charge >= 0.3 is 11.0 Å². The number of para-hydroxylation sites is 2. The third-order valence-electron chi connectivity index (χ3n) is 4.01. The van der Waals surface area contributed by atoms with Crippen molar-refractivity contribution in [2.45, 2.75) is 11.0 Å². The van der Waals surface area contributed by atoms with Crippen LogP contribution in [0.4, 0.5) is 49.1 Å². The standard InChI is InChI=1S/C18H18N4.2CHF3O3S.H2O/c1-21-11-7-15(8-12-21)19-17-5-3-4-6-18(17)20-16-9-13-22(2)14-10-16;2*2-1(3,4)8(5,6)7;/h3-14H,1-2H3;2*(H,5,6,7);1H2.